The third-order valence-electron chi connectivity index (χ3n) is 2.47. The van der Waals surface area contributed by atoms with Gasteiger partial charge in [0.1, 0.15) is 11.5 Å². The fraction of sp³-hybridized carbons (Fsp3) is 0.429. The van der Waals surface area contributed by atoms with Crippen molar-refractivity contribution in [2.75, 3.05) is 20.3 Å². The first kappa shape index (κ1) is 15.9. The van der Waals surface area contributed by atoms with Gasteiger partial charge in [-0.05, 0) is 32.0 Å². The minimum atomic E-state index is -2.38. The standard InChI is InChI=1S/C14H17FO5/c1-4-19-9-6-7-11(20-5-2)10(8-9)13(16)12(15)14(17)18-3/h6-8,12H,4-5H2,1-3H3. The number of hydrogen-bond acceptors (Lipinski definition) is 5. The van der Waals surface area contributed by atoms with Crippen LogP contribution in [0.4, 0.5) is 4.39 Å². The molecule has 0 heterocycles. The minimum absolute atomic E-state index is 0.0456. The predicted molar refractivity (Wildman–Crippen MR) is 70.0 cm³/mol. The van der Waals surface area contributed by atoms with E-state index >= 15 is 0 Å². The molecule has 20 heavy (non-hydrogen) atoms. The lowest BCUT2D eigenvalue weighted by Gasteiger charge is -2.13. The number of benzene rings is 1. The van der Waals surface area contributed by atoms with Crippen LogP contribution in [0.5, 0.6) is 11.5 Å². The van der Waals surface area contributed by atoms with Gasteiger partial charge < -0.3 is 14.2 Å². The molecule has 1 rings (SSSR count). The zero-order chi connectivity index (χ0) is 15.1. The summed E-state index contributed by atoms with van der Waals surface area (Å²) in [6.45, 7) is 4.23. The van der Waals surface area contributed by atoms with E-state index in [0.717, 1.165) is 7.11 Å². The van der Waals surface area contributed by atoms with Gasteiger partial charge in [0.15, 0.2) is 0 Å². The van der Waals surface area contributed by atoms with Gasteiger partial charge in [-0.1, -0.05) is 0 Å². The Labute approximate surface area is 116 Å². The topological polar surface area (TPSA) is 61.8 Å². The molecule has 0 spiro atoms. The molecule has 5 nitrogen and oxygen atoms in total. The van der Waals surface area contributed by atoms with E-state index in [1.807, 2.05) is 0 Å². The van der Waals surface area contributed by atoms with Crippen LogP contribution in [0.2, 0.25) is 0 Å². The zero-order valence-electron chi connectivity index (χ0n) is 11.6. The Bertz CT molecular complexity index is 486. The second kappa shape index (κ2) is 7.47. The van der Waals surface area contributed by atoms with Crippen LogP contribution in [0.25, 0.3) is 0 Å². The van der Waals surface area contributed by atoms with Crippen molar-refractivity contribution in [1.82, 2.24) is 0 Å². The minimum Gasteiger partial charge on any atom is -0.494 e. The Hall–Kier alpha value is -2.11. The number of alkyl halides is 1. The first-order chi connectivity index (χ1) is 9.54. The molecule has 1 aromatic rings. The molecule has 0 amide bonds. The molecule has 1 atom stereocenters. The molecule has 0 N–H and O–H groups in total. The lowest BCUT2D eigenvalue weighted by Crippen LogP contribution is -2.27. The van der Waals surface area contributed by atoms with Gasteiger partial charge in [0.2, 0.25) is 5.78 Å². The molecule has 1 unspecified atom stereocenters. The number of halogens is 1. The molecule has 0 aromatic heterocycles. The van der Waals surface area contributed by atoms with Crippen LogP contribution in [0, 0.1) is 0 Å². The van der Waals surface area contributed by atoms with Crippen molar-refractivity contribution in [3.63, 3.8) is 0 Å². The monoisotopic (exact) mass is 284 g/mol. The van der Waals surface area contributed by atoms with Gasteiger partial charge in [-0.25, -0.2) is 9.18 Å². The van der Waals surface area contributed by atoms with Crippen molar-refractivity contribution in [2.24, 2.45) is 0 Å². The molecule has 0 radical (unpaired) electrons. The quantitative estimate of drug-likeness (QED) is 0.436. The average Bonchev–Trinajstić information content (AvgIpc) is 2.47. The molecule has 1 aromatic carbocycles. The van der Waals surface area contributed by atoms with E-state index in [1.165, 1.54) is 12.1 Å². The van der Waals surface area contributed by atoms with Crippen LogP contribution < -0.4 is 9.47 Å². The van der Waals surface area contributed by atoms with E-state index in [9.17, 15) is 14.0 Å². The number of esters is 1. The van der Waals surface area contributed by atoms with Crippen molar-refractivity contribution >= 4 is 11.8 Å². The fourth-order valence-corrected chi connectivity index (χ4v) is 1.59. The second-order valence-electron chi connectivity index (χ2n) is 3.77. The van der Waals surface area contributed by atoms with Crippen molar-refractivity contribution < 1.29 is 28.2 Å². The van der Waals surface area contributed by atoms with Gasteiger partial charge >= 0.3 is 5.97 Å². The van der Waals surface area contributed by atoms with Gasteiger partial charge in [0.05, 0.1) is 25.9 Å². The summed E-state index contributed by atoms with van der Waals surface area (Å²) in [7, 11) is 1.02. The van der Waals surface area contributed by atoms with E-state index in [-0.39, 0.29) is 11.3 Å². The molecule has 110 valence electrons. The number of methoxy groups -OCH3 is 1. The third kappa shape index (κ3) is 3.69. The van der Waals surface area contributed by atoms with E-state index in [4.69, 9.17) is 9.47 Å². The van der Waals surface area contributed by atoms with Crippen molar-refractivity contribution in [2.45, 2.75) is 20.0 Å². The lowest BCUT2D eigenvalue weighted by atomic mass is 10.1. The SMILES string of the molecule is CCOc1ccc(OCC)c(C(=O)C(F)C(=O)OC)c1. The molecule has 0 bridgehead atoms. The van der Waals surface area contributed by atoms with Crippen molar-refractivity contribution in [3.8, 4) is 11.5 Å². The van der Waals surface area contributed by atoms with Gasteiger partial charge in [-0.2, -0.15) is 0 Å². The van der Waals surface area contributed by atoms with Crippen LogP contribution in [-0.4, -0.2) is 38.2 Å². The summed E-state index contributed by atoms with van der Waals surface area (Å²) in [6, 6.07) is 4.47. The van der Waals surface area contributed by atoms with E-state index < -0.39 is 17.9 Å². The highest BCUT2D eigenvalue weighted by Gasteiger charge is 2.30. The van der Waals surface area contributed by atoms with Crippen LogP contribution in [0.1, 0.15) is 24.2 Å². The highest BCUT2D eigenvalue weighted by atomic mass is 19.1. The average molecular weight is 284 g/mol. The summed E-state index contributed by atoms with van der Waals surface area (Å²) < 4.78 is 28.4. The summed E-state index contributed by atoms with van der Waals surface area (Å²) in [6.07, 6.45) is -2.38. The number of ether oxygens (including phenoxy) is 3. The Morgan fingerprint density at radius 2 is 1.85 bits per heavy atom. The Balaban J connectivity index is 3.13. The molecule has 6 heteroatoms. The molecule has 0 saturated heterocycles. The number of carbonyl (C=O) groups excluding carboxylic acids is 2. The highest BCUT2D eigenvalue weighted by molar-refractivity contribution is 6.12. The fourth-order valence-electron chi connectivity index (χ4n) is 1.59. The molecule has 0 aliphatic rings. The molecule has 0 aliphatic carbocycles. The lowest BCUT2D eigenvalue weighted by molar-refractivity contribution is -0.144. The van der Waals surface area contributed by atoms with E-state index in [2.05, 4.69) is 4.74 Å². The molecule has 0 saturated carbocycles. The van der Waals surface area contributed by atoms with Crippen LogP contribution in [-0.2, 0) is 9.53 Å². The third-order valence-corrected chi connectivity index (χ3v) is 2.47. The predicted octanol–water partition coefficient (Wildman–Crippen LogP) is 2.18. The largest absolute Gasteiger partial charge is 0.494 e. The number of rotatable bonds is 7. The smallest absolute Gasteiger partial charge is 0.348 e. The highest BCUT2D eigenvalue weighted by Crippen LogP contribution is 2.26. The number of Topliss-reactive ketones (excluding diaryl/α,β-unsaturated/α-hetero) is 1. The van der Waals surface area contributed by atoms with Crippen LogP contribution >= 0.6 is 0 Å². The van der Waals surface area contributed by atoms with Crippen molar-refractivity contribution in [3.05, 3.63) is 23.8 Å². The van der Waals surface area contributed by atoms with E-state index in [1.54, 1.807) is 19.9 Å². The summed E-state index contributed by atoms with van der Waals surface area (Å²) >= 11 is 0. The first-order valence-electron chi connectivity index (χ1n) is 6.20. The van der Waals surface area contributed by atoms with Gasteiger partial charge in [-0.3, -0.25) is 4.79 Å². The summed E-state index contributed by atoms with van der Waals surface area (Å²) in [4.78, 5) is 23.1. The Morgan fingerprint density at radius 3 is 2.40 bits per heavy atom. The summed E-state index contributed by atoms with van der Waals surface area (Å²) in [5, 5.41) is 0. The maximum absolute atomic E-state index is 13.7. The molecular weight excluding hydrogens is 267 g/mol. The van der Waals surface area contributed by atoms with Gasteiger partial charge in [0.25, 0.3) is 6.17 Å². The molecule has 0 aliphatic heterocycles. The zero-order valence-corrected chi connectivity index (χ0v) is 11.6. The van der Waals surface area contributed by atoms with Crippen LogP contribution in [0.3, 0.4) is 0 Å². The Kier molecular flexibility index (Phi) is 5.96. The van der Waals surface area contributed by atoms with E-state index in [0.29, 0.717) is 19.0 Å². The maximum atomic E-state index is 13.7. The van der Waals surface area contributed by atoms with Crippen LogP contribution in [0.15, 0.2) is 18.2 Å². The summed E-state index contributed by atoms with van der Waals surface area (Å²) in [5.41, 5.74) is -0.0456. The number of ketones is 1. The Morgan fingerprint density at radius 1 is 1.20 bits per heavy atom. The van der Waals surface area contributed by atoms with Gasteiger partial charge in [0, 0.05) is 0 Å². The normalized spacial score (nSPS) is 11.6. The van der Waals surface area contributed by atoms with Gasteiger partial charge in [-0.15, -0.1) is 0 Å². The number of hydrogen-bond donors (Lipinski definition) is 0. The first-order valence-corrected chi connectivity index (χ1v) is 6.20. The molecule has 0 fully saturated rings. The molecular formula is C14H17FO5. The second-order valence-corrected chi connectivity index (χ2v) is 3.77. The maximum Gasteiger partial charge on any atom is 0.348 e. The van der Waals surface area contributed by atoms with Crippen molar-refractivity contribution in [1.29, 1.82) is 0 Å². The number of carbonyl (C=O) groups is 2. The summed E-state index contributed by atoms with van der Waals surface area (Å²) in [5.74, 6) is -1.65.